The number of rotatable bonds is 4. The van der Waals surface area contributed by atoms with E-state index in [2.05, 4.69) is 4.72 Å². The standard InChI is InChI=1S/C13H11ClFIN2O2S/c14-11-6-10(3-1-8(11)7-17)21(19,20)18-13-4-2-9(15)5-12(13)16/h1-6,18H,7,17H2. The first kappa shape index (κ1) is 16.5. The zero-order chi connectivity index (χ0) is 15.6. The van der Waals surface area contributed by atoms with Gasteiger partial charge < -0.3 is 5.73 Å². The van der Waals surface area contributed by atoms with Crippen molar-refractivity contribution in [1.29, 1.82) is 0 Å². The average molecular weight is 441 g/mol. The molecule has 0 heterocycles. The van der Waals surface area contributed by atoms with E-state index in [-0.39, 0.29) is 16.5 Å². The summed E-state index contributed by atoms with van der Waals surface area (Å²) in [6.07, 6.45) is 0. The van der Waals surface area contributed by atoms with E-state index in [1.807, 2.05) is 22.6 Å². The molecular weight excluding hydrogens is 430 g/mol. The van der Waals surface area contributed by atoms with Gasteiger partial charge in [0.25, 0.3) is 10.0 Å². The SMILES string of the molecule is NCc1ccc(S(=O)(=O)Nc2ccc(F)cc2I)cc1Cl. The number of hydrogen-bond acceptors (Lipinski definition) is 3. The van der Waals surface area contributed by atoms with Crippen LogP contribution in [0.25, 0.3) is 0 Å². The van der Waals surface area contributed by atoms with Crippen molar-refractivity contribution < 1.29 is 12.8 Å². The topological polar surface area (TPSA) is 72.2 Å². The Labute approximate surface area is 140 Å². The summed E-state index contributed by atoms with van der Waals surface area (Å²) in [6, 6.07) is 8.11. The first-order chi connectivity index (χ1) is 9.83. The Kier molecular flexibility index (Phi) is 5.07. The predicted octanol–water partition coefficient (Wildman–Crippen LogP) is 3.34. The van der Waals surface area contributed by atoms with Crippen LogP contribution < -0.4 is 10.5 Å². The van der Waals surface area contributed by atoms with Gasteiger partial charge in [-0.15, -0.1) is 0 Å². The van der Waals surface area contributed by atoms with Crippen LogP contribution >= 0.6 is 34.2 Å². The van der Waals surface area contributed by atoms with Crippen molar-refractivity contribution in [2.45, 2.75) is 11.4 Å². The summed E-state index contributed by atoms with van der Waals surface area (Å²) in [4.78, 5) is 0.0184. The van der Waals surface area contributed by atoms with E-state index in [0.29, 0.717) is 14.8 Å². The van der Waals surface area contributed by atoms with E-state index in [4.69, 9.17) is 17.3 Å². The summed E-state index contributed by atoms with van der Waals surface area (Å²) in [6.45, 7) is 0.225. The highest BCUT2D eigenvalue weighted by molar-refractivity contribution is 14.1. The number of nitrogens with two attached hydrogens (primary N) is 1. The smallest absolute Gasteiger partial charge is 0.261 e. The van der Waals surface area contributed by atoms with Gasteiger partial charge in [0.15, 0.2) is 0 Å². The van der Waals surface area contributed by atoms with Crippen LogP contribution in [0.5, 0.6) is 0 Å². The quantitative estimate of drug-likeness (QED) is 0.716. The molecular formula is C13H11ClFIN2O2S. The average Bonchev–Trinajstić information content (AvgIpc) is 2.42. The molecule has 0 aromatic heterocycles. The molecule has 0 fully saturated rings. The van der Waals surface area contributed by atoms with Gasteiger partial charge in [-0.2, -0.15) is 0 Å². The number of sulfonamides is 1. The largest absolute Gasteiger partial charge is 0.326 e. The molecule has 3 N–H and O–H groups in total. The second-order valence-electron chi connectivity index (χ2n) is 4.19. The molecule has 0 bridgehead atoms. The lowest BCUT2D eigenvalue weighted by molar-refractivity contribution is 0.601. The van der Waals surface area contributed by atoms with Crippen molar-refractivity contribution in [3.63, 3.8) is 0 Å². The highest BCUT2D eigenvalue weighted by Gasteiger charge is 2.17. The maximum atomic E-state index is 13.0. The van der Waals surface area contributed by atoms with Crippen LogP contribution in [0.1, 0.15) is 5.56 Å². The molecule has 0 amide bonds. The molecule has 2 rings (SSSR count). The molecule has 0 saturated heterocycles. The van der Waals surface area contributed by atoms with Crippen LogP contribution in [0.3, 0.4) is 0 Å². The third-order valence-electron chi connectivity index (χ3n) is 2.73. The molecule has 21 heavy (non-hydrogen) atoms. The summed E-state index contributed by atoms with van der Waals surface area (Å²) in [7, 11) is -3.80. The monoisotopic (exact) mass is 440 g/mol. The Bertz CT molecular complexity index is 784. The highest BCUT2D eigenvalue weighted by atomic mass is 127. The number of halogens is 3. The Morgan fingerprint density at radius 1 is 1.24 bits per heavy atom. The molecule has 0 aliphatic carbocycles. The van der Waals surface area contributed by atoms with Crippen molar-refractivity contribution in [3.8, 4) is 0 Å². The molecule has 0 spiro atoms. The first-order valence-electron chi connectivity index (χ1n) is 5.80. The second-order valence-corrected chi connectivity index (χ2v) is 7.44. The fourth-order valence-corrected chi connectivity index (χ4v) is 3.86. The third-order valence-corrected chi connectivity index (χ3v) is 5.34. The van der Waals surface area contributed by atoms with Crippen molar-refractivity contribution >= 4 is 49.9 Å². The van der Waals surface area contributed by atoms with Gasteiger partial charge in [0.2, 0.25) is 0 Å². The molecule has 0 radical (unpaired) electrons. The predicted molar refractivity (Wildman–Crippen MR) is 89.3 cm³/mol. The minimum Gasteiger partial charge on any atom is -0.326 e. The van der Waals surface area contributed by atoms with Crippen LogP contribution in [-0.4, -0.2) is 8.42 Å². The third kappa shape index (κ3) is 3.85. The van der Waals surface area contributed by atoms with Crippen LogP contribution in [0, 0.1) is 9.39 Å². The fraction of sp³-hybridized carbons (Fsp3) is 0.0769. The van der Waals surface area contributed by atoms with Gasteiger partial charge in [-0.25, -0.2) is 12.8 Å². The Hall–Kier alpha value is -0.900. The molecule has 0 saturated carbocycles. The minimum absolute atomic E-state index is 0.0184. The second kappa shape index (κ2) is 6.47. The molecule has 0 aliphatic heterocycles. The normalized spacial score (nSPS) is 11.4. The lowest BCUT2D eigenvalue weighted by Crippen LogP contribution is -2.14. The van der Waals surface area contributed by atoms with Gasteiger partial charge in [-0.3, -0.25) is 4.72 Å². The minimum atomic E-state index is -3.80. The Morgan fingerprint density at radius 3 is 2.52 bits per heavy atom. The van der Waals surface area contributed by atoms with Crippen molar-refractivity contribution in [3.05, 3.63) is 56.4 Å². The van der Waals surface area contributed by atoms with E-state index in [0.717, 1.165) is 0 Å². The van der Waals surface area contributed by atoms with E-state index in [1.54, 1.807) is 6.07 Å². The summed E-state index contributed by atoms with van der Waals surface area (Å²) in [5.74, 6) is -0.433. The molecule has 0 atom stereocenters. The maximum Gasteiger partial charge on any atom is 0.261 e. The van der Waals surface area contributed by atoms with Gasteiger partial charge in [0, 0.05) is 15.1 Å². The van der Waals surface area contributed by atoms with E-state index in [1.165, 1.54) is 30.3 Å². The lowest BCUT2D eigenvalue weighted by atomic mass is 10.2. The molecule has 0 unspecified atom stereocenters. The van der Waals surface area contributed by atoms with E-state index >= 15 is 0 Å². The molecule has 2 aromatic rings. The summed E-state index contributed by atoms with van der Waals surface area (Å²) in [5.41, 5.74) is 6.44. The zero-order valence-corrected chi connectivity index (χ0v) is 14.3. The van der Waals surface area contributed by atoms with Crippen molar-refractivity contribution in [2.75, 3.05) is 4.72 Å². The molecule has 2 aromatic carbocycles. The zero-order valence-electron chi connectivity index (χ0n) is 10.6. The Morgan fingerprint density at radius 2 is 1.95 bits per heavy atom. The summed E-state index contributed by atoms with van der Waals surface area (Å²) >= 11 is 7.82. The Balaban J connectivity index is 2.36. The lowest BCUT2D eigenvalue weighted by Gasteiger charge is -2.11. The van der Waals surface area contributed by atoms with Crippen molar-refractivity contribution in [1.82, 2.24) is 0 Å². The molecule has 8 heteroatoms. The van der Waals surface area contributed by atoms with E-state index < -0.39 is 15.8 Å². The summed E-state index contributed by atoms with van der Waals surface area (Å²) < 4.78 is 40.5. The van der Waals surface area contributed by atoms with Gasteiger partial charge >= 0.3 is 0 Å². The first-order valence-corrected chi connectivity index (χ1v) is 8.74. The maximum absolute atomic E-state index is 13.0. The highest BCUT2D eigenvalue weighted by Crippen LogP contribution is 2.25. The number of hydrogen-bond donors (Lipinski definition) is 2. The van der Waals surface area contributed by atoms with Crippen molar-refractivity contribution in [2.24, 2.45) is 5.73 Å². The van der Waals surface area contributed by atoms with Crippen LogP contribution in [0.2, 0.25) is 5.02 Å². The molecule has 112 valence electrons. The molecule has 4 nitrogen and oxygen atoms in total. The van der Waals surface area contributed by atoms with Gasteiger partial charge in [-0.1, -0.05) is 17.7 Å². The van der Waals surface area contributed by atoms with Crippen LogP contribution in [0.15, 0.2) is 41.3 Å². The molecule has 0 aliphatic rings. The van der Waals surface area contributed by atoms with Gasteiger partial charge in [0.05, 0.1) is 10.6 Å². The number of benzene rings is 2. The van der Waals surface area contributed by atoms with Crippen LogP contribution in [-0.2, 0) is 16.6 Å². The fourth-order valence-electron chi connectivity index (χ4n) is 1.64. The summed E-state index contributed by atoms with van der Waals surface area (Å²) in [5, 5.41) is 0.286. The van der Waals surface area contributed by atoms with Gasteiger partial charge in [0.1, 0.15) is 5.82 Å². The number of nitrogens with one attached hydrogen (secondary N) is 1. The van der Waals surface area contributed by atoms with Crippen LogP contribution in [0.4, 0.5) is 10.1 Å². The van der Waals surface area contributed by atoms with E-state index in [9.17, 15) is 12.8 Å². The van der Waals surface area contributed by atoms with Gasteiger partial charge in [-0.05, 0) is 58.5 Å². The number of anilines is 1.